The van der Waals surface area contributed by atoms with Crippen molar-refractivity contribution >= 4 is 17.6 Å². The van der Waals surface area contributed by atoms with Crippen LogP contribution in [0.25, 0.3) is 0 Å². The minimum atomic E-state index is -0.313. The second-order valence-corrected chi connectivity index (χ2v) is 6.80. The third-order valence-corrected chi connectivity index (χ3v) is 4.54. The standard InChI is InChI=1S/C17H24N4O3/c1-11(2)24-15-8-7-14(19-20-15)18-17(23)12-9-16(22)21(10-12)13-5-3-4-6-13/h7-8,11-13H,3-6,9-10H2,1-2H3,(H,18,19,23)/t12-/m0/s1. The van der Waals surface area contributed by atoms with Crippen LogP contribution in [0.2, 0.25) is 0 Å². The molecule has 1 saturated carbocycles. The zero-order chi connectivity index (χ0) is 17.1. The SMILES string of the molecule is CC(C)Oc1ccc(NC(=O)[C@H]2CC(=O)N(C3CCCC3)C2)nn1. The summed E-state index contributed by atoms with van der Waals surface area (Å²) in [7, 11) is 0. The second-order valence-electron chi connectivity index (χ2n) is 6.80. The molecule has 0 aromatic carbocycles. The monoisotopic (exact) mass is 332 g/mol. The maximum atomic E-state index is 12.4. The number of carbonyl (C=O) groups excluding carboxylic acids is 2. The summed E-state index contributed by atoms with van der Waals surface area (Å²) in [5, 5.41) is 10.6. The minimum Gasteiger partial charge on any atom is -0.474 e. The Morgan fingerprint density at radius 1 is 1.29 bits per heavy atom. The van der Waals surface area contributed by atoms with Crippen molar-refractivity contribution in [3.05, 3.63) is 12.1 Å². The van der Waals surface area contributed by atoms with Gasteiger partial charge >= 0.3 is 0 Å². The highest BCUT2D eigenvalue weighted by Crippen LogP contribution is 2.29. The number of hydrogen-bond donors (Lipinski definition) is 1. The summed E-state index contributed by atoms with van der Waals surface area (Å²) in [6.45, 7) is 4.33. The number of anilines is 1. The van der Waals surface area contributed by atoms with Gasteiger partial charge in [-0.2, -0.15) is 0 Å². The van der Waals surface area contributed by atoms with Gasteiger partial charge in [-0.05, 0) is 32.8 Å². The molecule has 0 unspecified atom stereocenters. The van der Waals surface area contributed by atoms with Gasteiger partial charge in [-0.15, -0.1) is 10.2 Å². The average Bonchev–Trinajstić information content (AvgIpc) is 3.17. The maximum Gasteiger partial charge on any atom is 0.233 e. The van der Waals surface area contributed by atoms with E-state index in [1.54, 1.807) is 12.1 Å². The molecule has 2 fully saturated rings. The van der Waals surface area contributed by atoms with E-state index in [-0.39, 0.29) is 30.3 Å². The Morgan fingerprint density at radius 3 is 2.67 bits per heavy atom. The lowest BCUT2D eigenvalue weighted by atomic mass is 10.1. The number of carbonyl (C=O) groups is 2. The number of amides is 2. The van der Waals surface area contributed by atoms with Crippen molar-refractivity contribution in [1.82, 2.24) is 15.1 Å². The Bertz CT molecular complexity index is 596. The summed E-state index contributed by atoms with van der Waals surface area (Å²) in [5.41, 5.74) is 0. The Labute approximate surface area is 141 Å². The Hall–Kier alpha value is -2.18. The first-order valence-corrected chi connectivity index (χ1v) is 8.63. The van der Waals surface area contributed by atoms with Crippen molar-refractivity contribution in [2.24, 2.45) is 5.92 Å². The molecule has 1 aromatic rings. The quantitative estimate of drug-likeness (QED) is 0.891. The Kier molecular flexibility index (Phi) is 4.97. The van der Waals surface area contributed by atoms with Crippen LogP contribution in [0.1, 0.15) is 46.0 Å². The van der Waals surface area contributed by atoms with Crippen LogP contribution in [-0.4, -0.2) is 45.6 Å². The van der Waals surface area contributed by atoms with Gasteiger partial charge < -0.3 is 15.0 Å². The Balaban J connectivity index is 1.56. The molecule has 3 rings (SSSR count). The topological polar surface area (TPSA) is 84.4 Å². The van der Waals surface area contributed by atoms with Gasteiger partial charge in [0, 0.05) is 25.1 Å². The smallest absolute Gasteiger partial charge is 0.233 e. The molecule has 1 N–H and O–H groups in total. The van der Waals surface area contributed by atoms with Crippen LogP contribution in [0.3, 0.4) is 0 Å². The summed E-state index contributed by atoms with van der Waals surface area (Å²) < 4.78 is 5.42. The van der Waals surface area contributed by atoms with E-state index in [0.717, 1.165) is 12.8 Å². The first-order valence-electron chi connectivity index (χ1n) is 8.63. The van der Waals surface area contributed by atoms with Gasteiger partial charge in [0.05, 0.1) is 12.0 Å². The van der Waals surface area contributed by atoms with Gasteiger partial charge in [0.1, 0.15) is 0 Å². The molecule has 2 amide bonds. The van der Waals surface area contributed by atoms with E-state index in [0.29, 0.717) is 24.3 Å². The first kappa shape index (κ1) is 16.7. The van der Waals surface area contributed by atoms with E-state index >= 15 is 0 Å². The lowest BCUT2D eigenvalue weighted by Crippen LogP contribution is -2.35. The van der Waals surface area contributed by atoms with E-state index in [1.165, 1.54) is 12.8 Å². The van der Waals surface area contributed by atoms with E-state index < -0.39 is 0 Å². The fourth-order valence-corrected chi connectivity index (χ4v) is 3.40. The normalized spacial score (nSPS) is 21.5. The molecule has 1 saturated heterocycles. The van der Waals surface area contributed by atoms with Crippen LogP contribution in [0.5, 0.6) is 5.88 Å². The van der Waals surface area contributed by atoms with Crippen LogP contribution < -0.4 is 10.1 Å². The van der Waals surface area contributed by atoms with Crippen LogP contribution in [0.4, 0.5) is 5.82 Å². The predicted molar refractivity (Wildman–Crippen MR) is 88.5 cm³/mol. The molecule has 7 nitrogen and oxygen atoms in total. The molecular formula is C17H24N4O3. The lowest BCUT2D eigenvalue weighted by Gasteiger charge is -2.23. The minimum absolute atomic E-state index is 0.0193. The van der Waals surface area contributed by atoms with E-state index in [4.69, 9.17) is 4.74 Å². The molecule has 1 aliphatic heterocycles. The van der Waals surface area contributed by atoms with Crippen molar-refractivity contribution in [2.45, 2.75) is 58.1 Å². The van der Waals surface area contributed by atoms with Crippen LogP contribution >= 0.6 is 0 Å². The highest BCUT2D eigenvalue weighted by Gasteiger charge is 2.38. The van der Waals surface area contributed by atoms with Crippen molar-refractivity contribution in [3.63, 3.8) is 0 Å². The molecule has 1 aromatic heterocycles. The Morgan fingerprint density at radius 2 is 2.04 bits per heavy atom. The molecule has 130 valence electrons. The fraction of sp³-hybridized carbons (Fsp3) is 0.647. The molecule has 0 bridgehead atoms. The van der Waals surface area contributed by atoms with Crippen molar-refractivity contribution in [1.29, 1.82) is 0 Å². The molecule has 1 aliphatic carbocycles. The molecule has 24 heavy (non-hydrogen) atoms. The van der Waals surface area contributed by atoms with Crippen LogP contribution in [-0.2, 0) is 9.59 Å². The predicted octanol–water partition coefficient (Wildman–Crippen LogP) is 1.99. The van der Waals surface area contributed by atoms with Crippen molar-refractivity contribution in [3.8, 4) is 5.88 Å². The molecular weight excluding hydrogens is 308 g/mol. The summed E-state index contributed by atoms with van der Waals surface area (Å²) in [4.78, 5) is 26.5. The number of ether oxygens (including phenoxy) is 1. The number of nitrogens with one attached hydrogen (secondary N) is 1. The van der Waals surface area contributed by atoms with E-state index in [1.807, 2.05) is 18.7 Å². The lowest BCUT2D eigenvalue weighted by molar-refractivity contribution is -0.129. The zero-order valence-corrected chi connectivity index (χ0v) is 14.2. The molecule has 0 radical (unpaired) electrons. The third-order valence-electron chi connectivity index (χ3n) is 4.54. The fourth-order valence-electron chi connectivity index (χ4n) is 3.40. The van der Waals surface area contributed by atoms with E-state index in [2.05, 4.69) is 15.5 Å². The molecule has 2 aliphatic rings. The highest BCUT2D eigenvalue weighted by atomic mass is 16.5. The summed E-state index contributed by atoms with van der Waals surface area (Å²) in [5.74, 6) is 0.408. The number of hydrogen-bond acceptors (Lipinski definition) is 5. The van der Waals surface area contributed by atoms with Crippen molar-refractivity contribution < 1.29 is 14.3 Å². The summed E-state index contributed by atoms with van der Waals surface area (Å²) in [6.07, 6.45) is 4.76. The van der Waals surface area contributed by atoms with Gasteiger partial charge in [0.25, 0.3) is 0 Å². The second kappa shape index (κ2) is 7.15. The zero-order valence-electron chi connectivity index (χ0n) is 14.2. The van der Waals surface area contributed by atoms with Gasteiger partial charge in [0.2, 0.25) is 17.7 Å². The molecule has 2 heterocycles. The molecule has 1 atom stereocenters. The maximum absolute atomic E-state index is 12.4. The van der Waals surface area contributed by atoms with Gasteiger partial charge in [-0.1, -0.05) is 12.8 Å². The molecule has 0 spiro atoms. The van der Waals surface area contributed by atoms with Gasteiger partial charge in [-0.25, -0.2) is 0 Å². The number of nitrogens with zero attached hydrogens (tertiary/aromatic N) is 3. The summed E-state index contributed by atoms with van der Waals surface area (Å²) >= 11 is 0. The number of likely N-dealkylation sites (tertiary alicyclic amines) is 1. The largest absolute Gasteiger partial charge is 0.474 e. The average molecular weight is 332 g/mol. The van der Waals surface area contributed by atoms with Crippen LogP contribution in [0.15, 0.2) is 12.1 Å². The third kappa shape index (κ3) is 3.83. The first-order chi connectivity index (χ1) is 11.5. The van der Waals surface area contributed by atoms with Gasteiger partial charge in [0.15, 0.2) is 5.82 Å². The van der Waals surface area contributed by atoms with E-state index in [9.17, 15) is 9.59 Å². The highest BCUT2D eigenvalue weighted by molar-refractivity contribution is 5.96. The summed E-state index contributed by atoms with van der Waals surface area (Å²) in [6, 6.07) is 3.66. The van der Waals surface area contributed by atoms with Crippen LogP contribution in [0, 0.1) is 5.92 Å². The van der Waals surface area contributed by atoms with Gasteiger partial charge in [-0.3, -0.25) is 9.59 Å². The van der Waals surface area contributed by atoms with Crippen molar-refractivity contribution in [2.75, 3.05) is 11.9 Å². The molecule has 7 heteroatoms. The number of rotatable bonds is 5. The number of aromatic nitrogens is 2.